The van der Waals surface area contributed by atoms with Crippen LogP contribution in [0.4, 0.5) is 13.2 Å². The molecule has 0 bridgehead atoms. The minimum Gasteiger partial charge on any atom is -0.491 e. The normalized spacial score (nSPS) is 33.4. The van der Waals surface area contributed by atoms with Crippen LogP contribution in [0.15, 0.2) is 12.1 Å². The molecule has 33 heavy (non-hydrogen) atoms. The molecule has 1 aromatic rings. The zero-order valence-corrected chi connectivity index (χ0v) is 19.7. The van der Waals surface area contributed by atoms with Crippen LogP contribution in [0.25, 0.3) is 0 Å². The SMILES string of the molecule is COCCOc1cc2c(cc1C(F)(F)F)[C@H]1CC[C@@]3(C)[C@@H](CC[C@@]3(O)CCCCO)[C@@H]1CC2. The monoisotopic (exact) mass is 470 g/mol. The highest BCUT2D eigenvalue weighted by Crippen LogP contribution is 2.65. The van der Waals surface area contributed by atoms with E-state index in [-0.39, 0.29) is 36.9 Å². The van der Waals surface area contributed by atoms with Gasteiger partial charge < -0.3 is 19.7 Å². The van der Waals surface area contributed by atoms with Gasteiger partial charge in [0.1, 0.15) is 12.4 Å². The van der Waals surface area contributed by atoms with E-state index in [1.165, 1.54) is 13.2 Å². The number of unbranched alkanes of at least 4 members (excludes halogenated alkanes) is 1. The number of alkyl halides is 3. The minimum absolute atomic E-state index is 0.0830. The van der Waals surface area contributed by atoms with Gasteiger partial charge in [-0.1, -0.05) is 6.92 Å². The van der Waals surface area contributed by atoms with Crippen molar-refractivity contribution >= 4 is 0 Å². The van der Waals surface area contributed by atoms with Crippen molar-refractivity contribution in [3.63, 3.8) is 0 Å². The molecule has 0 radical (unpaired) electrons. The number of rotatable bonds is 8. The lowest BCUT2D eigenvalue weighted by Gasteiger charge is -2.53. The standard InChI is InChI=1S/C26H37F3O4/c1-24-10-7-18-19(21(24)8-11-25(24,31)9-3-4-12-30)6-5-17-15-23(33-14-13-32-2)22(16-20(17)18)26(27,28)29/h15-16,18-19,21,30-31H,3-14H2,1-2H3/t18-,19+,21-,24-,25-/m0/s1. The van der Waals surface area contributed by atoms with Gasteiger partial charge in [0, 0.05) is 13.7 Å². The van der Waals surface area contributed by atoms with E-state index in [0.29, 0.717) is 24.7 Å². The third-order valence-electron chi connectivity index (χ3n) is 9.00. The Morgan fingerprint density at radius 3 is 2.58 bits per heavy atom. The molecule has 1 aromatic carbocycles. The van der Waals surface area contributed by atoms with Gasteiger partial charge in [-0.25, -0.2) is 0 Å². The number of methoxy groups -OCH3 is 1. The Morgan fingerprint density at radius 1 is 1.09 bits per heavy atom. The average molecular weight is 471 g/mol. The number of hydrogen-bond donors (Lipinski definition) is 2. The summed E-state index contributed by atoms with van der Waals surface area (Å²) in [7, 11) is 1.49. The first-order valence-corrected chi connectivity index (χ1v) is 12.3. The molecule has 186 valence electrons. The van der Waals surface area contributed by atoms with Gasteiger partial charge in [0.2, 0.25) is 0 Å². The zero-order valence-electron chi connectivity index (χ0n) is 19.7. The van der Waals surface area contributed by atoms with Crippen LogP contribution in [0.3, 0.4) is 0 Å². The highest BCUT2D eigenvalue weighted by molar-refractivity contribution is 5.47. The smallest absolute Gasteiger partial charge is 0.419 e. The summed E-state index contributed by atoms with van der Waals surface area (Å²) in [6.45, 7) is 2.65. The van der Waals surface area contributed by atoms with Crippen LogP contribution >= 0.6 is 0 Å². The second-order valence-electron chi connectivity index (χ2n) is 10.5. The van der Waals surface area contributed by atoms with Crippen LogP contribution < -0.4 is 4.74 Å². The molecule has 0 amide bonds. The lowest BCUT2D eigenvalue weighted by Crippen LogP contribution is -2.50. The van der Waals surface area contributed by atoms with Crippen LogP contribution in [0, 0.1) is 17.3 Å². The molecule has 2 N–H and O–H groups in total. The molecule has 0 spiro atoms. The predicted molar refractivity (Wildman–Crippen MR) is 119 cm³/mol. The molecule has 3 aliphatic rings. The van der Waals surface area contributed by atoms with Crippen molar-refractivity contribution in [2.24, 2.45) is 17.3 Å². The largest absolute Gasteiger partial charge is 0.491 e. The Balaban J connectivity index is 1.61. The zero-order chi connectivity index (χ0) is 23.9. The predicted octanol–water partition coefficient (Wildman–Crippen LogP) is 5.48. The van der Waals surface area contributed by atoms with E-state index in [1.807, 2.05) is 0 Å². The van der Waals surface area contributed by atoms with E-state index in [4.69, 9.17) is 14.6 Å². The molecule has 2 saturated carbocycles. The Labute approximate surface area is 194 Å². The van der Waals surface area contributed by atoms with E-state index in [0.717, 1.165) is 56.1 Å². The molecule has 2 fully saturated rings. The fourth-order valence-electron chi connectivity index (χ4n) is 7.22. The van der Waals surface area contributed by atoms with Gasteiger partial charge in [-0.2, -0.15) is 13.2 Å². The van der Waals surface area contributed by atoms with Crippen molar-refractivity contribution in [1.29, 1.82) is 0 Å². The summed E-state index contributed by atoms with van der Waals surface area (Å²) in [5.74, 6) is 0.609. The molecule has 3 aliphatic carbocycles. The van der Waals surface area contributed by atoms with Crippen LogP contribution in [-0.2, 0) is 17.3 Å². The van der Waals surface area contributed by atoms with Gasteiger partial charge in [0.25, 0.3) is 0 Å². The van der Waals surface area contributed by atoms with Crippen molar-refractivity contribution in [2.45, 2.75) is 82.4 Å². The summed E-state index contributed by atoms with van der Waals surface area (Å²) in [5.41, 5.74) is 0.149. The number of halogens is 3. The average Bonchev–Trinajstić information content (AvgIpc) is 3.03. The molecule has 0 saturated heterocycles. The van der Waals surface area contributed by atoms with Crippen molar-refractivity contribution in [3.8, 4) is 5.75 Å². The first-order chi connectivity index (χ1) is 15.6. The van der Waals surface area contributed by atoms with Crippen molar-refractivity contribution < 1.29 is 32.9 Å². The Kier molecular flexibility index (Phi) is 7.05. The van der Waals surface area contributed by atoms with Crippen LogP contribution in [0.5, 0.6) is 5.75 Å². The van der Waals surface area contributed by atoms with E-state index >= 15 is 0 Å². The number of fused-ring (bicyclic) bond motifs is 5. The maximum atomic E-state index is 13.9. The number of aliphatic hydroxyl groups excluding tert-OH is 1. The van der Waals surface area contributed by atoms with Gasteiger partial charge in [0.15, 0.2) is 0 Å². The number of hydrogen-bond acceptors (Lipinski definition) is 4. The van der Waals surface area contributed by atoms with E-state index in [1.54, 1.807) is 6.07 Å². The topological polar surface area (TPSA) is 58.9 Å². The van der Waals surface area contributed by atoms with Crippen LogP contribution in [0.1, 0.15) is 80.9 Å². The van der Waals surface area contributed by atoms with E-state index in [2.05, 4.69) is 6.92 Å². The second-order valence-corrected chi connectivity index (χ2v) is 10.5. The Morgan fingerprint density at radius 2 is 1.88 bits per heavy atom. The highest BCUT2D eigenvalue weighted by Gasteiger charge is 2.61. The third kappa shape index (κ3) is 4.41. The van der Waals surface area contributed by atoms with Crippen molar-refractivity contribution in [2.75, 3.05) is 26.9 Å². The van der Waals surface area contributed by atoms with Crippen LogP contribution in [0.2, 0.25) is 0 Å². The molecule has 0 aromatic heterocycles. The lowest BCUT2D eigenvalue weighted by molar-refractivity contribution is -0.139. The van der Waals surface area contributed by atoms with Crippen molar-refractivity contribution in [3.05, 3.63) is 28.8 Å². The maximum absolute atomic E-state index is 13.9. The minimum atomic E-state index is -4.48. The lowest BCUT2D eigenvalue weighted by atomic mass is 9.53. The number of aryl methyl sites for hydroxylation is 1. The fraction of sp³-hybridized carbons (Fsp3) is 0.769. The molecule has 5 atom stereocenters. The Hall–Kier alpha value is -1.31. The van der Waals surface area contributed by atoms with Crippen molar-refractivity contribution in [1.82, 2.24) is 0 Å². The number of benzene rings is 1. The first-order valence-electron chi connectivity index (χ1n) is 12.3. The molecule has 4 nitrogen and oxygen atoms in total. The van der Waals surface area contributed by atoms with Gasteiger partial charge in [-0.3, -0.25) is 0 Å². The summed E-state index contributed by atoms with van der Waals surface area (Å²) < 4.78 is 52.1. The highest BCUT2D eigenvalue weighted by atomic mass is 19.4. The molecular weight excluding hydrogens is 433 g/mol. The van der Waals surface area contributed by atoms with E-state index < -0.39 is 17.3 Å². The van der Waals surface area contributed by atoms with Crippen LogP contribution in [-0.4, -0.2) is 42.7 Å². The number of aliphatic hydroxyl groups is 2. The quantitative estimate of drug-likeness (QED) is 0.494. The summed E-state index contributed by atoms with van der Waals surface area (Å²) in [6, 6.07) is 2.96. The molecular formula is C26H37F3O4. The molecule has 0 heterocycles. The molecule has 0 aliphatic heterocycles. The van der Waals surface area contributed by atoms with Gasteiger partial charge in [-0.05, 0) is 104 Å². The summed E-state index contributed by atoms with van der Waals surface area (Å²) in [4.78, 5) is 0. The molecule has 7 heteroatoms. The molecule has 4 rings (SSSR count). The van der Waals surface area contributed by atoms with Gasteiger partial charge >= 0.3 is 6.18 Å². The maximum Gasteiger partial charge on any atom is 0.419 e. The third-order valence-corrected chi connectivity index (χ3v) is 9.00. The van der Waals surface area contributed by atoms with Gasteiger partial charge in [-0.15, -0.1) is 0 Å². The van der Waals surface area contributed by atoms with Gasteiger partial charge in [0.05, 0.1) is 17.8 Å². The first kappa shape index (κ1) is 24.8. The summed E-state index contributed by atoms with van der Waals surface area (Å²) in [6.07, 6.45) is 2.67. The molecule has 0 unspecified atom stereocenters. The summed E-state index contributed by atoms with van der Waals surface area (Å²) in [5, 5.41) is 20.7. The Bertz CT molecular complexity index is 842. The van der Waals surface area contributed by atoms with E-state index in [9.17, 15) is 18.3 Å². The fourth-order valence-corrected chi connectivity index (χ4v) is 7.22. The summed E-state index contributed by atoms with van der Waals surface area (Å²) >= 11 is 0. The number of ether oxygens (including phenoxy) is 2. The second kappa shape index (κ2) is 9.38.